The molecule has 0 aliphatic heterocycles. The summed E-state index contributed by atoms with van der Waals surface area (Å²) in [6.07, 6.45) is 0. The van der Waals surface area contributed by atoms with Crippen LogP contribution in [-0.2, 0) is 0 Å². The predicted octanol–water partition coefficient (Wildman–Crippen LogP) is -0.700. The Balaban J connectivity index is 0.00000144. The number of hydrogen-bond acceptors (Lipinski definition) is 3. The zero-order valence-electron chi connectivity index (χ0n) is 6.37. The third kappa shape index (κ3) is 4.01. The average molecular weight is 354 g/mol. The van der Waals surface area contributed by atoms with Gasteiger partial charge in [0.25, 0.3) is 0 Å². The van der Waals surface area contributed by atoms with Crippen molar-refractivity contribution in [3.8, 4) is 0 Å². The molecule has 0 aliphatic carbocycles. The monoisotopic (exact) mass is 352 g/mol. The molecule has 0 saturated carbocycles. The van der Waals surface area contributed by atoms with E-state index in [9.17, 15) is 14.7 Å². The molecule has 0 amide bonds. The zero-order valence-corrected chi connectivity index (χ0v) is 12.6. The van der Waals surface area contributed by atoms with Gasteiger partial charge in [0.05, 0.1) is 9.78 Å². The number of halogens is 2. The molecule has 0 heterocycles. The predicted molar refractivity (Wildman–Crippen MR) is 54.2 cm³/mol. The Morgan fingerprint density at radius 3 is 2.00 bits per heavy atom. The molecule has 0 bridgehead atoms. The molecule has 0 spiro atoms. The fourth-order valence-electron chi connectivity index (χ4n) is 0.704. The van der Waals surface area contributed by atoms with E-state index in [1.165, 1.54) is 12.1 Å². The summed E-state index contributed by atoms with van der Waals surface area (Å²) >= 11 is 6.09. The SMILES string of the molecule is [Ca+2].[O-][P+]([O-])([O-])c1cccc(Br)c1Br. The van der Waals surface area contributed by atoms with Gasteiger partial charge in [-0.25, -0.2) is 0 Å². The summed E-state index contributed by atoms with van der Waals surface area (Å²) in [7, 11) is -4.66. The van der Waals surface area contributed by atoms with Crippen LogP contribution in [0.3, 0.4) is 0 Å². The molecule has 3 nitrogen and oxygen atoms in total. The van der Waals surface area contributed by atoms with E-state index in [1.54, 1.807) is 6.07 Å². The number of hydrogen-bond donors (Lipinski definition) is 0. The van der Waals surface area contributed by atoms with E-state index >= 15 is 0 Å². The third-order valence-electron chi connectivity index (χ3n) is 1.23. The van der Waals surface area contributed by atoms with Crippen LogP contribution in [0.25, 0.3) is 0 Å². The van der Waals surface area contributed by atoms with Crippen LogP contribution in [0.1, 0.15) is 0 Å². The normalized spacial score (nSPS) is 10.8. The fourth-order valence-corrected chi connectivity index (χ4v) is 2.77. The number of benzene rings is 1. The summed E-state index contributed by atoms with van der Waals surface area (Å²) in [5.41, 5.74) is 0. The second-order valence-corrected chi connectivity index (χ2v) is 5.19. The van der Waals surface area contributed by atoms with E-state index in [2.05, 4.69) is 31.9 Å². The first-order chi connectivity index (χ1) is 5.43. The molecule has 0 atom stereocenters. The first-order valence-corrected chi connectivity index (χ1v) is 6.02. The summed E-state index contributed by atoms with van der Waals surface area (Å²) in [6.45, 7) is 0. The summed E-state index contributed by atoms with van der Waals surface area (Å²) < 4.78 is 0.824. The minimum atomic E-state index is -4.66. The van der Waals surface area contributed by atoms with E-state index in [0.29, 0.717) is 4.47 Å². The molecule has 66 valence electrons. The fraction of sp³-hybridized carbons (Fsp3) is 0. The molecular formula is C6H3Br2CaO3P. The van der Waals surface area contributed by atoms with Crippen molar-refractivity contribution >= 4 is 82.8 Å². The molecule has 0 fully saturated rings. The molecular weight excluding hydrogens is 351 g/mol. The van der Waals surface area contributed by atoms with Crippen molar-refractivity contribution in [1.82, 2.24) is 0 Å². The average Bonchev–Trinajstić information content (AvgIpc) is 1.92. The molecule has 1 aromatic carbocycles. The molecule has 1 rings (SSSR count). The molecule has 7 heteroatoms. The summed E-state index contributed by atoms with van der Waals surface area (Å²) in [6, 6.07) is 4.39. The van der Waals surface area contributed by atoms with E-state index in [0.717, 1.165) is 0 Å². The van der Waals surface area contributed by atoms with E-state index in [-0.39, 0.29) is 47.5 Å². The smallest absolute Gasteiger partial charge is 0.683 e. The molecule has 0 unspecified atom stereocenters. The van der Waals surface area contributed by atoms with Crippen molar-refractivity contribution in [1.29, 1.82) is 0 Å². The van der Waals surface area contributed by atoms with Crippen molar-refractivity contribution in [3.05, 3.63) is 27.1 Å². The van der Waals surface area contributed by atoms with Gasteiger partial charge >= 0.3 is 37.7 Å². The summed E-state index contributed by atoms with van der Waals surface area (Å²) in [5, 5.41) is -0.225. The standard InChI is InChI=1S/C6H5Br2O3P.Ca/c7-4-2-1-3-5(6(4)8)12(9,10)11;/h1-3H,(H2,9,10,11);/q;+2/p-2. The zero-order chi connectivity index (χ0) is 9.35. The van der Waals surface area contributed by atoms with Crippen molar-refractivity contribution in [2.24, 2.45) is 0 Å². The van der Waals surface area contributed by atoms with Crippen molar-refractivity contribution < 1.29 is 14.7 Å². The van der Waals surface area contributed by atoms with Gasteiger partial charge in [-0.3, -0.25) is 0 Å². The van der Waals surface area contributed by atoms with Crippen LogP contribution >= 0.6 is 39.8 Å². The summed E-state index contributed by atoms with van der Waals surface area (Å²) in [5.74, 6) is 0. The molecule has 0 aromatic heterocycles. The molecule has 1 aromatic rings. The minimum absolute atomic E-state index is 0. The van der Waals surface area contributed by atoms with Gasteiger partial charge in [0.2, 0.25) is 0 Å². The van der Waals surface area contributed by atoms with Crippen LogP contribution in [0.4, 0.5) is 0 Å². The Morgan fingerprint density at radius 2 is 1.62 bits per heavy atom. The van der Waals surface area contributed by atoms with Gasteiger partial charge in [0, 0.05) is 4.47 Å². The van der Waals surface area contributed by atoms with Crippen LogP contribution in [0, 0.1) is 0 Å². The van der Waals surface area contributed by atoms with Crippen molar-refractivity contribution in [2.45, 2.75) is 0 Å². The van der Waals surface area contributed by atoms with E-state index in [1.807, 2.05) is 0 Å². The first kappa shape index (κ1) is 14.7. The van der Waals surface area contributed by atoms with Crippen LogP contribution < -0.4 is 20.0 Å². The quantitative estimate of drug-likeness (QED) is 0.495. The van der Waals surface area contributed by atoms with E-state index < -0.39 is 7.94 Å². The number of rotatable bonds is 1. The molecule has 0 saturated heterocycles. The van der Waals surface area contributed by atoms with Crippen LogP contribution in [0.2, 0.25) is 0 Å². The van der Waals surface area contributed by atoms with Gasteiger partial charge in [-0.2, -0.15) is 0 Å². The molecule has 13 heavy (non-hydrogen) atoms. The van der Waals surface area contributed by atoms with Gasteiger partial charge in [0.1, 0.15) is 0 Å². The maximum Gasteiger partial charge on any atom is 2.00 e. The second kappa shape index (κ2) is 5.73. The van der Waals surface area contributed by atoms with Crippen LogP contribution in [0.5, 0.6) is 0 Å². The van der Waals surface area contributed by atoms with Crippen LogP contribution in [-0.4, -0.2) is 37.7 Å². The Labute approximate surface area is 123 Å². The van der Waals surface area contributed by atoms with E-state index in [4.69, 9.17) is 0 Å². The third-order valence-corrected chi connectivity index (χ3v) is 4.54. The Hall–Kier alpha value is 1.75. The first-order valence-electron chi connectivity index (χ1n) is 2.89. The Morgan fingerprint density at radius 1 is 1.08 bits per heavy atom. The maximum atomic E-state index is 10.6. The van der Waals surface area contributed by atoms with Gasteiger partial charge in [-0.15, -0.1) is 7.94 Å². The minimum Gasteiger partial charge on any atom is -0.683 e. The van der Waals surface area contributed by atoms with Gasteiger partial charge in [-0.1, -0.05) is 6.07 Å². The topological polar surface area (TPSA) is 69.2 Å². The summed E-state index contributed by atoms with van der Waals surface area (Å²) in [4.78, 5) is 31.9. The molecule has 0 N–H and O–H groups in total. The van der Waals surface area contributed by atoms with Crippen LogP contribution in [0.15, 0.2) is 27.1 Å². The van der Waals surface area contributed by atoms with Crippen molar-refractivity contribution in [2.75, 3.05) is 0 Å². The van der Waals surface area contributed by atoms with Gasteiger partial charge in [0.15, 0.2) is 0 Å². The largest absolute Gasteiger partial charge is 2.00 e. The van der Waals surface area contributed by atoms with Gasteiger partial charge < -0.3 is 14.7 Å². The maximum absolute atomic E-state index is 10.6. The van der Waals surface area contributed by atoms with Gasteiger partial charge in [-0.05, 0) is 44.0 Å². The second-order valence-electron chi connectivity index (χ2n) is 2.07. The Bertz CT molecular complexity index is 302. The molecule has 0 aliphatic rings. The van der Waals surface area contributed by atoms with Crippen molar-refractivity contribution in [3.63, 3.8) is 0 Å². The molecule has 0 radical (unpaired) electrons. The Kier molecular flexibility index (Phi) is 6.50.